The molecule has 1 saturated heterocycles. The topological polar surface area (TPSA) is 87.7 Å². The van der Waals surface area contributed by atoms with Gasteiger partial charge in [0.25, 0.3) is 0 Å². The number of imide groups is 1. The van der Waals surface area contributed by atoms with Crippen molar-refractivity contribution in [2.45, 2.75) is 45.2 Å². The van der Waals surface area contributed by atoms with E-state index in [9.17, 15) is 14.4 Å². The quantitative estimate of drug-likeness (QED) is 0.723. The molecule has 1 aliphatic rings. The summed E-state index contributed by atoms with van der Waals surface area (Å²) in [6, 6.07) is -1.48. The number of urea groups is 1. The number of hydrogen-bond donors (Lipinski definition) is 2. The molecule has 0 spiro atoms. The number of amides is 3. The van der Waals surface area contributed by atoms with E-state index in [2.05, 4.69) is 10.6 Å². The van der Waals surface area contributed by atoms with E-state index in [0.717, 1.165) is 12.8 Å². The first-order chi connectivity index (χ1) is 9.51. The van der Waals surface area contributed by atoms with E-state index < -0.39 is 24.0 Å². The molecule has 0 saturated carbocycles. The lowest BCUT2D eigenvalue weighted by atomic mass is 10.00. The van der Waals surface area contributed by atoms with E-state index in [1.807, 2.05) is 0 Å². The molecule has 0 radical (unpaired) electrons. The number of ether oxygens (including phenoxy) is 1. The molecule has 1 aliphatic heterocycles. The lowest BCUT2D eigenvalue weighted by Gasteiger charge is -2.37. The molecule has 0 aromatic heterocycles. The van der Waals surface area contributed by atoms with Crippen LogP contribution in [0.15, 0.2) is 0 Å². The van der Waals surface area contributed by atoms with Gasteiger partial charge in [-0.15, -0.1) is 0 Å². The minimum atomic E-state index is -0.554. The zero-order chi connectivity index (χ0) is 15.1. The summed E-state index contributed by atoms with van der Waals surface area (Å²) in [4.78, 5) is 36.9. The molecule has 3 amide bonds. The average Bonchev–Trinajstić information content (AvgIpc) is 2.45. The van der Waals surface area contributed by atoms with Crippen LogP contribution in [0.3, 0.4) is 0 Å². The number of rotatable bonds is 4. The lowest BCUT2D eigenvalue weighted by Crippen LogP contribution is -2.56. The van der Waals surface area contributed by atoms with Crippen molar-refractivity contribution >= 4 is 17.9 Å². The van der Waals surface area contributed by atoms with Gasteiger partial charge < -0.3 is 10.1 Å². The van der Waals surface area contributed by atoms with Gasteiger partial charge in [-0.1, -0.05) is 6.42 Å². The average molecular weight is 285 g/mol. The zero-order valence-corrected chi connectivity index (χ0v) is 12.3. The molecule has 0 aromatic rings. The van der Waals surface area contributed by atoms with Crippen molar-refractivity contribution in [2.24, 2.45) is 0 Å². The highest BCUT2D eigenvalue weighted by Gasteiger charge is 2.35. The summed E-state index contributed by atoms with van der Waals surface area (Å²) < 4.78 is 4.78. The van der Waals surface area contributed by atoms with Crippen LogP contribution < -0.4 is 10.6 Å². The zero-order valence-electron chi connectivity index (χ0n) is 12.3. The molecule has 0 aromatic carbocycles. The SMILES string of the molecule is CCNC(=O)NC(=O)C(C)N1CCCC[C@@H]1C(=O)OC. The van der Waals surface area contributed by atoms with Crippen LogP contribution in [0, 0.1) is 0 Å². The van der Waals surface area contributed by atoms with Crippen molar-refractivity contribution in [2.75, 3.05) is 20.2 Å². The highest BCUT2D eigenvalue weighted by Crippen LogP contribution is 2.20. The van der Waals surface area contributed by atoms with Gasteiger partial charge in [0.2, 0.25) is 5.91 Å². The summed E-state index contributed by atoms with van der Waals surface area (Å²) in [6.07, 6.45) is 2.53. The molecule has 1 heterocycles. The number of nitrogens with zero attached hydrogens (tertiary/aromatic N) is 1. The van der Waals surface area contributed by atoms with E-state index >= 15 is 0 Å². The van der Waals surface area contributed by atoms with E-state index in [-0.39, 0.29) is 5.97 Å². The smallest absolute Gasteiger partial charge is 0.323 e. The molecule has 20 heavy (non-hydrogen) atoms. The van der Waals surface area contributed by atoms with Crippen molar-refractivity contribution in [1.29, 1.82) is 0 Å². The van der Waals surface area contributed by atoms with Crippen LogP contribution in [0.2, 0.25) is 0 Å². The lowest BCUT2D eigenvalue weighted by molar-refractivity contribution is -0.150. The molecule has 1 rings (SSSR count). The maximum Gasteiger partial charge on any atom is 0.323 e. The number of nitrogens with one attached hydrogen (secondary N) is 2. The third kappa shape index (κ3) is 4.19. The molecular formula is C13H23N3O4. The fourth-order valence-corrected chi connectivity index (χ4v) is 2.38. The normalized spacial score (nSPS) is 20.9. The third-order valence-corrected chi connectivity index (χ3v) is 3.47. The van der Waals surface area contributed by atoms with Gasteiger partial charge >= 0.3 is 12.0 Å². The predicted octanol–water partition coefficient (Wildman–Crippen LogP) is 0.248. The Morgan fingerprint density at radius 3 is 2.65 bits per heavy atom. The second kappa shape index (κ2) is 7.84. The molecule has 1 fully saturated rings. The van der Waals surface area contributed by atoms with Gasteiger partial charge in [0.15, 0.2) is 0 Å². The number of esters is 1. The maximum absolute atomic E-state index is 12.0. The van der Waals surface area contributed by atoms with Crippen molar-refractivity contribution in [3.8, 4) is 0 Å². The number of carbonyl (C=O) groups is 3. The van der Waals surface area contributed by atoms with E-state index in [0.29, 0.717) is 19.5 Å². The van der Waals surface area contributed by atoms with Crippen LogP contribution >= 0.6 is 0 Å². The molecule has 0 aliphatic carbocycles. The van der Waals surface area contributed by atoms with Crippen LogP contribution in [0.1, 0.15) is 33.1 Å². The molecule has 114 valence electrons. The van der Waals surface area contributed by atoms with Gasteiger partial charge in [0.1, 0.15) is 6.04 Å². The number of methoxy groups -OCH3 is 1. The number of carbonyl (C=O) groups excluding carboxylic acids is 3. The van der Waals surface area contributed by atoms with Crippen molar-refractivity contribution in [1.82, 2.24) is 15.5 Å². The molecule has 7 heteroatoms. The first-order valence-electron chi connectivity index (χ1n) is 6.93. The number of piperidine rings is 1. The molecule has 2 N–H and O–H groups in total. The Morgan fingerprint density at radius 2 is 2.05 bits per heavy atom. The minimum Gasteiger partial charge on any atom is -0.468 e. The van der Waals surface area contributed by atoms with E-state index in [1.165, 1.54) is 7.11 Å². The van der Waals surface area contributed by atoms with Crippen LogP contribution in [-0.4, -0.2) is 55.1 Å². The summed E-state index contributed by atoms with van der Waals surface area (Å²) in [5, 5.41) is 4.77. The highest BCUT2D eigenvalue weighted by molar-refractivity contribution is 5.97. The molecule has 0 bridgehead atoms. The maximum atomic E-state index is 12.0. The van der Waals surface area contributed by atoms with Gasteiger partial charge in [0.05, 0.1) is 13.2 Å². The Hall–Kier alpha value is -1.63. The fourth-order valence-electron chi connectivity index (χ4n) is 2.38. The standard InChI is InChI=1S/C13H23N3O4/c1-4-14-13(19)15-11(17)9(2)16-8-6-5-7-10(16)12(18)20-3/h9-10H,4-8H2,1-3H3,(H2,14,15,17,19)/t9?,10-/m1/s1. The Labute approximate surface area is 119 Å². The third-order valence-electron chi connectivity index (χ3n) is 3.47. The van der Waals surface area contributed by atoms with Crippen LogP contribution in [0.25, 0.3) is 0 Å². The molecule has 7 nitrogen and oxygen atoms in total. The van der Waals surface area contributed by atoms with Crippen molar-refractivity contribution in [3.05, 3.63) is 0 Å². The van der Waals surface area contributed by atoms with Gasteiger partial charge in [-0.25, -0.2) is 4.79 Å². The molecule has 2 atom stereocenters. The number of hydrogen-bond acceptors (Lipinski definition) is 5. The second-order valence-corrected chi connectivity index (χ2v) is 4.80. The summed E-state index contributed by atoms with van der Waals surface area (Å²) in [6.45, 7) is 4.55. The van der Waals surface area contributed by atoms with Gasteiger partial charge in [0, 0.05) is 6.54 Å². The Morgan fingerprint density at radius 1 is 1.35 bits per heavy atom. The predicted molar refractivity (Wildman–Crippen MR) is 73.0 cm³/mol. The van der Waals surface area contributed by atoms with Gasteiger partial charge in [-0.2, -0.15) is 0 Å². The highest BCUT2D eigenvalue weighted by atomic mass is 16.5. The summed E-state index contributed by atoms with van der Waals surface area (Å²) in [5.74, 6) is -0.742. The monoisotopic (exact) mass is 285 g/mol. The van der Waals surface area contributed by atoms with Crippen molar-refractivity contribution in [3.63, 3.8) is 0 Å². The molecular weight excluding hydrogens is 262 g/mol. The Kier molecular flexibility index (Phi) is 6.44. The Balaban J connectivity index is 2.67. The Bertz CT molecular complexity index is 373. The summed E-state index contributed by atoms with van der Waals surface area (Å²) >= 11 is 0. The second-order valence-electron chi connectivity index (χ2n) is 4.80. The van der Waals surface area contributed by atoms with E-state index in [4.69, 9.17) is 4.74 Å². The fraction of sp³-hybridized carbons (Fsp3) is 0.769. The van der Waals surface area contributed by atoms with Crippen LogP contribution in [-0.2, 0) is 14.3 Å². The largest absolute Gasteiger partial charge is 0.468 e. The first kappa shape index (κ1) is 16.4. The summed E-state index contributed by atoms with van der Waals surface area (Å²) in [7, 11) is 1.34. The van der Waals surface area contributed by atoms with Gasteiger partial charge in [-0.05, 0) is 33.2 Å². The van der Waals surface area contributed by atoms with Crippen LogP contribution in [0.4, 0.5) is 4.79 Å². The van der Waals surface area contributed by atoms with Gasteiger partial charge in [-0.3, -0.25) is 19.8 Å². The number of likely N-dealkylation sites (tertiary alicyclic amines) is 1. The first-order valence-corrected chi connectivity index (χ1v) is 6.93. The van der Waals surface area contributed by atoms with E-state index in [1.54, 1.807) is 18.7 Å². The minimum absolute atomic E-state index is 0.331. The molecule has 1 unspecified atom stereocenters. The van der Waals surface area contributed by atoms with Crippen molar-refractivity contribution < 1.29 is 19.1 Å². The van der Waals surface area contributed by atoms with Crippen LogP contribution in [0.5, 0.6) is 0 Å². The summed E-state index contributed by atoms with van der Waals surface area (Å²) in [5.41, 5.74) is 0.